The van der Waals surface area contributed by atoms with Gasteiger partial charge in [-0.15, -0.1) is 11.8 Å². The van der Waals surface area contributed by atoms with E-state index in [0.29, 0.717) is 0 Å². The van der Waals surface area contributed by atoms with Crippen molar-refractivity contribution in [2.24, 2.45) is 0 Å². The molecule has 0 bridgehead atoms. The largest absolute Gasteiger partial charge is 0.309 e. The lowest BCUT2D eigenvalue weighted by molar-refractivity contribution is 0.413. The molecule has 1 aromatic rings. The zero-order valence-corrected chi connectivity index (χ0v) is 10.4. The van der Waals surface area contributed by atoms with E-state index in [2.05, 4.69) is 37.2 Å². The number of hydrogen-bond acceptors (Lipinski definition) is 2. The van der Waals surface area contributed by atoms with Gasteiger partial charge in [0.25, 0.3) is 0 Å². The van der Waals surface area contributed by atoms with Gasteiger partial charge in [0.2, 0.25) is 0 Å². The first-order valence-electron chi connectivity index (χ1n) is 5.65. The third-order valence-corrected chi connectivity index (χ3v) is 4.02. The van der Waals surface area contributed by atoms with E-state index in [1.54, 1.807) is 5.56 Å². The van der Waals surface area contributed by atoms with Crippen molar-refractivity contribution in [1.82, 2.24) is 4.90 Å². The van der Waals surface area contributed by atoms with E-state index in [1.165, 1.54) is 35.5 Å². The first kappa shape index (κ1) is 11.0. The quantitative estimate of drug-likeness (QED) is 0.772. The molecule has 2 rings (SSSR count). The molecule has 0 N–H and O–H groups in total. The molecule has 1 aliphatic heterocycles. The lowest BCUT2D eigenvalue weighted by Gasteiger charge is -2.16. The van der Waals surface area contributed by atoms with Gasteiger partial charge in [-0.3, -0.25) is 0 Å². The predicted octanol–water partition coefficient (Wildman–Crippen LogP) is 2.83. The normalized spacial score (nSPS) is 15.4. The number of fused-ring (bicyclic) bond motifs is 1. The maximum Gasteiger partial charge on any atom is 0.0104 e. The van der Waals surface area contributed by atoms with Crippen LogP contribution in [0.2, 0.25) is 0 Å². The lowest BCUT2D eigenvalue weighted by atomic mass is 10.0. The van der Waals surface area contributed by atoms with Gasteiger partial charge in [0.15, 0.2) is 0 Å². The SMILES string of the molecule is CN(C)CCc1ccc2c(c1)CCCS2. The van der Waals surface area contributed by atoms with E-state index >= 15 is 0 Å². The van der Waals surface area contributed by atoms with Crippen molar-refractivity contribution in [1.29, 1.82) is 0 Å². The highest BCUT2D eigenvalue weighted by molar-refractivity contribution is 7.99. The molecule has 0 unspecified atom stereocenters. The molecule has 0 atom stereocenters. The number of rotatable bonds is 3. The minimum absolute atomic E-state index is 1.14. The fourth-order valence-corrected chi connectivity index (χ4v) is 2.94. The van der Waals surface area contributed by atoms with Crippen LogP contribution >= 0.6 is 11.8 Å². The summed E-state index contributed by atoms with van der Waals surface area (Å²) in [7, 11) is 4.27. The summed E-state index contributed by atoms with van der Waals surface area (Å²) in [4.78, 5) is 3.75. The van der Waals surface area contributed by atoms with Crippen molar-refractivity contribution in [2.75, 3.05) is 26.4 Å². The van der Waals surface area contributed by atoms with Crippen molar-refractivity contribution in [3.8, 4) is 0 Å². The smallest absolute Gasteiger partial charge is 0.0104 e. The van der Waals surface area contributed by atoms with E-state index in [0.717, 1.165) is 6.54 Å². The Morgan fingerprint density at radius 1 is 1.33 bits per heavy atom. The molecule has 0 fully saturated rings. The van der Waals surface area contributed by atoms with Gasteiger partial charge in [0.05, 0.1) is 0 Å². The Morgan fingerprint density at radius 3 is 3.00 bits per heavy atom. The van der Waals surface area contributed by atoms with Gasteiger partial charge in [-0.1, -0.05) is 12.1 Å². The summed E-state index contributed by atoms with van der Waals surface area (Å²) in [6.45, 7) is 1.14. The molecule has 2 heteroatoms. The topological polar surface area (TPSA) is 3.24 Å². The van der Waals surface area contributed by atoms with Crippen LogP contribution in [0.4, 0.5) is 0 Å². The first-order chi connectivity index (χ1) is 7.25. The predicted molar refractivity (Wildman–Crippen MR) is 67.7 cm³/mol. The molecular weight excluding hydrogens is 202 g/mol. The highest BCUT2D eigenvalue weighted by atomic mass is 32.2. The Hall–Kier alpha value is -0.470. The molecule has 82 valence electrons. The van der Waals surface area contributed by atoms with Crippen LogP contribution in [0.25, 0.3) is 0 Å². The van der Waals surface area contributed by atoms with E-state index in [4.69, 9.17) is 0 Å². The van der Waals surface area contributed by atoms with Crippen LogP contribution in [0, 0.1) is 0 Å². The van der Waals surface area contributed by atoms with Crippen molar-refractivity contribution < 1.29 is 0 Å². The van der Waals surface area contributed by atoms with Crippen LogP contribution in [0.5, 0.6) is 0 Å². The average Bonchev–Trinajstić information content (AvgIpc) is 2.26. The van der Waals surface area contributed by atoms with Gasteiger partial charge in [-0.05, 0) is 56.3 Å². The van der Waals surface area contributed by atoms with Crippen molar-refractivity contribution >= 4 is 11.8 Å². The van der Waals surface area contributed by atoms with Gasteiger partial charge in [0.1, 0.15) is 0 Å². The molecule has 1 aromatic carbocycles. The van der Waals surface area contributed by atoms with Gasteiger partial charge < -0.3 is 4.90 Å². The molecule has 0 aliphatic carbocycles. The molecular formula is C13H19NS. The lowest BCUT2D eigenvalue weighted by Crippen LogP contribution is -2.15. The zero-order chi connectivity index (χ0) is 10.7. The minimum atomic E-state index is 1.14. The monoisotopic (exact) mass is 221 g/mol. The number of likely N-dealkylation sites (N-methyl/N-ethyl adjacent to an activating group) is 1. The third kappa shape index (κ3) is 2.99. The van der Waals surface area contributed by atoms with Crippen LogP contribution in [-0.4, -0.2) is 31.3 Å². The second kappa shape index (κ2) is 5.04. The number of benzene rings is 1. The third-order valence-electron chi connectivity index (χ3n) is 2.82. The highest BCUT2D eigenvalue weighted by Crippen LogP contribution is 2.30. The maximum atomic E-state index is 2.41. The van der Waals surface area contributed by atoms with Crippen LogP contribution in [0.1, 0.15) is 17.5 Å². The molecule has 0 aromatic heterocycles. The summed E-state index contributed by atoms with van der Waals surface area (Å²) in [5.41, 5.74) is 3.06. The molecule has 0 amide bonds. The number of aryl methyl sites for hydroxylation is 1. The highest BCUT2D eigenvalue weighted by Gasteiger charge is 2.09. The van der Waals surface area contributed by atoms with Gasteiger partial charge >= 0.3 is 0 Å². The van der Waals surface area contributed by atoms with Crippen LogP contribution in [0.3, 0.4) is 0 Å². The second-order valence-corrected chi connectivity index (χ2v) is 5.58. The average molecular weight is 221 g/mol. The molecule has 0 radical (unpaired) electrons. The Labute approximate surface area is 96.9 Å². The first-order valence-corrected chi connectivity index (χ1v) is 6.63. The fourth-order valence-electron chi connectivity index (χ4n) is 1.92. The molecule has 0 saturated carbocycles. The summed E-state index contributed by atoms with van der Waals surface area (Å²) >= 11 is 2.01. The Bertz CT molecular complexity index is 333. The second-order valence-electron chi connectivity index (χ2n) is 4.45. The van der Waals surface area contributed by atoms with Crippen LogP contribution in [-0.2, 0) is 12.8 Å². The van der Waals surface area contributed by atoms with Gasteiger partial charge in [-0.25, -0.2) is 0 Å². The maximum absolute atomic E-state index is 2.41. The molecule has 0 spiro atoms. The molecule has 1 aliphatic rings. The summed E-state index contributed by atoms with van der Waals surface area (Å²) in [6.07, 6.45) is 3.79. The number of nitrogens with zero attached hydrogens (tertiary/aromatic N) is 1. The van der Waals surface area contributed by atoms with Gasteiger partial charge in [0, 0.05) is 11.4 Å². The molecule has 0 saturated heterocycles. The van der Waals surface area contributed by atoms with E-state index in [9.17, 15) is 0 Å². The molecule has 1 heterocycles. The Morgan fingerprint density at radius 2 is 2.20 bits per heavy atom. The summed E-state index contributed by atoms with van der Waals surface area (Å²) in [5, 5.41) is 0. The van der Waals surface area contributed by atoms with Gasteiger partial charge in [-0.2, -0.15) is 0 Å². The van der Waals surface area contributed by atoms with E-state index in [1.807, 2.05) is 11.8 Å². The summed E-state index contributed by atoms with van der Waals surface area (Å²) < 4.78 is 0. The molecule has 15 heavy (non-hydrogen) atoms. The summed E-state index contributed by atoms with van der Waals surface area (Å²) in [5.74, 6) is 1.30. The van der Waals surface area contributed by atoms with E-state index in [-0.39, 0.29) is 0 Å². The minimum Gasteiger partial charge on any atom is -0.309 e. The van der Waals surface area contributed by atoms with Crippen molar-refractivity contribution in [2.45, 2.75) is 24.2 Å². The van der Waals surface area contributed by atoms with Crippen LogP contribution < -0.4 is 0 Å². The number of thioether (sulfide) groups is 1. The van der Waals surface area contributed by atoms with E-state index < -0.39 is 0 Å². The van der Waals surface area contributed by atoms with Crippen LogP contribution in [0.15, 0.2) is 23.1 Å². The van der Waals surface area contributed by atoms with Crippen molar-refractivity contribution in [3.05, 3.63) is 29.3 Å². The Kier molecular flexibility index (Phi) is 3.71. The molecule has 1 nitrogen and oxygen atoms in total. The fraction of sp³-hybridized carbons (Fsp3) is 0.538. The zero-order valence-electron chi connectivity index (χ0n) is 9.62. The standard InChI is InChI=1S/C13H19NS/c1-14(2)8-7-11-5-6-13-12(10-11)4-3-9-15-13/h5-6,10H,3-4,7-9H2,1-2H3. The summed E-state index contributed by atoms with van der Waals surface area (Å²) in [6, 6.07) is 7.01. The van der Waals surface area contributed by atoms with Crippen molar-refractivity contribution in [3.63, 3.8) is 0 Å². The number of hydrogen-bond donors (Lipinski definition) is 0. The Balaban J connectivity index is 2.07.